The second kappa shape index (κ2) is 6.85. The monoisotopic (exact) mass is 352 g/mol. The molecule has 2 aliphatic rings. The van der Waals surface area contributed by atoms with Gasteiger partial charge in [-0.3, -0.25) is 4.79 Å². The number of hydrogen-bond donors (Lipinski definition) is 2. The molecule has 6 nitrogen and oxygen atoms in total. The standard InChI is InChI=1S/C17H22F2N4O2/c1-17(5-4-15(24)21-17)11-20-16(25)23-8-6-22(7-9-23)14-10-12(18)2-3-13(14)19/h2-3,10H,4-9,11H2,1H3,(H,20,25)(H,21,24). The molecule has 1 atom stereocenters. The normalized spacial score (nSPS) is 23.6. The third-order valence-electron chi connectivity index (χ3n) is 4.79. The molecule has 2 heterocycles. The van der Waals surface area contributed by atoms with Crippen molar-refractivity contribution in [2.24, 2.45) is 0 Å². The van der Waals surface area contributed by atoms with Crippen LogP contribution in [0.4, 0.5) is 19.3 Å². The van der Waals surface area contributed by atoms with Crippen molar-refractivity contribution in [2.45, 2.75) is 25.3 Å². The minimum atomic E-state index is -0.483. The van der Waals surface area contributed by atoms with Gasteiger partial charge < -0.3 is 20.4 Å². The maximum atomic E-state index is 13.8. The molecule has 0 spiro atoms. The van der Waals surface area contributed by atoms with Crippen molar-refractivity contribution in [1.82, 2.24) is 15.5 Å². The third-order valence-corrected chi connectivity index (χ3v) is 4.79. The number of urea groups is 1. The first-order valence-electron chi connectivity index (χ1n) is 8.40. The SMILES string of the molecule is CC1(CNC(=O)N2CCN(c3cc(F)ccc3F)CC2)CCC(=O)N1. The Balaban J connectivity index is 1.51. The molecule has 2 saturated heterocycles. The van der Waals surface area contributed by atoms with Gasteiger partial charge in [-0.1, -0.05) is 0 Å². The van der Waals surface area contributed by atoms with Crippen LogP contribution in [-0.4, -0.2) is 55.1 Å². The predicted molar refractivity (Wildman–Crippen MR) is 89.3 cm³/mol. The van der Waals surface area contributed by atoms with Crippen molar-refractivity contribution in [1.29, 1.82) is 0 Å². The number of amides is 3. The van der Waals surface area contributed by atoms with Crippen molar-refractivity contribution in [2.75, 3.05) is 37.6 Å². The number of halogens is 2. The second-order valence-corrected chi connectivity index (χ2v) is 6.84. The molecule has 3 rings (SSSR count). The van der Waals surface area contributed by atoms with Gasteiger partial charge in [-0.05, 0) is 25.5 Å². The molecule has 0 bridgehead atoms. The smallest absolute Gasteiger partial charge is 0.317 e. The van der Waals surface area contributed by atoms with Gasteiger partial charge in [0.15, 0.2) is 0 Å². The van der Waals surface area contributed by atoms with E-state index in [4.69, 9.17) is 0 Å². The average molecular weight is 352 g/mol. The minimum Gasteiger partial charge on any atom is -0.366 e. The number of carbonyl (C=O) groups excluding carboxylic acids is 2. The zero-order valence-corrected chi connectivity index (χ0v) is 14.1. The van der Waals surface area contributed by atoms with Crippen LogP contribution in [0.1, 0.15) is 19.8 Å². The van der Waals surface area contributed by atoms with Gasteiger partial charge in [0.1, 0.15) is 11.6 Å². The van der Waals surface area contributed by atoms with E-state index >= 15 is 0 Å². The van der Waals surface area contributed by atoms with Crippen LogP contribution in [0.5, 0.6) is 0 Å². The fraction of sp³-hybridized carbons (Fsp3) is 0.529. The lowest BCUT2D eigenvalue weighted by atomic mass is 10.0. The molecule has 3 amide bonds. The van der Waals surface area contributed by atoms with Gasteiger partial charge in [0, 0.05) is 45.2 Å². The molecule has 1 unspecified atom stereocenters. The summed E-state index contributed by atoms with van der Waals surface area (Å²) in [5.74, 6) is -0.949. The van der Waals surface area contributed by atoms with Crippen LogP contribution in [-0.2, 0) is 4.79 Å². The predicted octanol–water partition coefficient (Wildman–Crippen LogP) is 1.47. The highest BCUT2D eigenvalue weighted by Gasteiger charge is 2.34. The molecule has 2 aliphatic heterocycles. The molecule has 0 aliphatic carbocycles. The van der Waals surface area contributed by atoms with Crippen molar-refractivity contribution in [3.63, 3.8) is 0 Å². The van der Waals surface area contributed by atoms with Crippen molar-refractivity contribution in [3.05, 3.63) is 29.8 Å². The Hall–Kier alpha value is -2.38. The lowest BCUT2D eigenvalue weighted by Crippen LogP contribution is -2.55. The molecule has 1 aromatic rings. The molecule has 2 fully saturated rings. The second-order valence-electron chi connectivity index (χ2n) is 6.84. The molecular weight excluding hydrogens is 330 g/mol. The largest absolute Gasteiger partial charge is 0.366 e. The van der Waals surface area contributed by atoms with Gasteiger partial charge in [0.05, 0.1) is 11.2 Å². The van der Waals surface area contributed by atoms with E-state index in [0.717, 1.165) is 12.1 Å². The van der Waals surface area contributed by atoms with Gasteiger partial charge in [0.25, 0.3) is 0 Å². The quantitative estimate of drug-likeness (QED) is 0.866. The molecule has 136 valence electrons. The number of benzene rings is 1. The van der Waals surface area contributed by atoms with E-state index < -0.39 is 17.2 Å². The lowest BCUT2D eigenvalue weighted by molar-refractivity contribution is -0.119. The van der Waals surface area contributed by atoms with Gasteiger partial charge in [-0.25, -0.2) is 13.6 Å². The first-order valence-corrected chi connectivity index (χ1v) is 8.40. The van der Waals surface area contributed by atoms with Crippen molar-refractivity contribution >= 4 is 17.6 Å². The molecule has 25 heavy (non-hydrogen) atoms. The van der Waals surface area contributed by atoms with Crippen LogP contribution >= 0.6 is 0 Å². The van der Waals surface area contributed by atoms with E-state index in [1.807, 2.05) is 6.92 Å². The van der Waals surface area contributed by atoms with Crippen LogP contribution in [0.2, 0.25) is 0 Å². The Morgan fingerprint density at radius 1 is 1.28 bits per heavy atom. The minimum absolute atomic E-state index is 0.00230. The Morgan fingerprint density at radius 3 is 2.64 bits per heavy atom. The average Bonchev–Trinajstić information content (AvgIpc) is 2.94. The fourth-order valence-electron chi connectivity index (χ4n) is 3.24. The maximum Gasteiger partial charge on any atom is 0.317 e. The zero-order chi connectivity index (χ0) is 18.0. The van der Waals surface area contributed by atoms with E-state index in [0.29, 0.717) is 45.6 Å². The summed E-state index contributed by atoms with van der Waals surface area (Å²) in [6.45, 7) is 3.98. The van der Waals surface area contributed by atoms with Crippen molar-refractivity contribution in [3.8, 4) is 0 Å². The van der Waals surface area contributed by atoms with Gasteiger partial charge in [-0.2, -0.15) is 0 Å². The lowest BCUT2D eigenvalue weighted by Gasteiger charge is -2.36. The topological polar surface area (TPSA) is 64.7 Å². The summed E-state index contributed by atoms with van der Waals surface area (Å²) in [5, 5.41) is 5.72. The number of nitrogens with one attached hydrogen (secondary N) is 2. The van der Waals surface area contributed by atoms with Crippen molar-refractivity contribution < 1.29 is 18.4 Å². The number of anilines is 1. The van der Waals surface area contributed by atoms with Gasteiger partial charge in [0.2, 0.25) is 5.91 Å². The van der Waals surface area contributed by atoms with E-state index in [1.165, 1.54) is 6.07 Å². The Labute approximate surface area is 145 Å². The highest BCUT2D eigenvalue weighted by molar-refractivity contribution is 5.80. The van der Waals surface area contributed by atoms with E-state index in [-0.39, 0.29) is 17.6 Å². The Morgan fingerprint density at radius 2 is 2.00 bits per heavy atom. The van der Waals surface area contributed by atoms with Gasteiger partial charge >= 0.3 is 6.03 Å². The number of nitrogens with zero attached hydrogens (tertiary/aromatic N) is 2. The van der Waals surface area contributed by atoms with Crippen LogP contribution in [0.25, 0.3) is 0 Å². The molecular formula is C17H22F2N4O2. The number of hydrogen-bond acceptors (Lipinski definition) is 3. The number of rotatable bonds is 3. The summed E-state index contributed by atoms with van der Waals surface area (Å²) in [7, 11) is 0. The Bertz CT molecular complexity index is 677. The van der Waals surface area contributed by atoms with E-state index in [9.17, 15) is 18.4 Å². The highest BCUT2D eigenvalue weighted by Crippen LogP contribution is 2.22. The van der Waals surface area contributed by atoms with E-state index in [2.05, 4.69) is 10.6 Å². The Kier molecular flexibility index (Phi) is 4.78. The molecule has 0 aromatic heterocycles. The van der Waals surface area contributed by atoms with Crippen LogP contribution in [0.3, 0.4) is 0 Å². The van der Waals surface area contributed by atoms with Crippen LogP contribution < -0.4 is 15.5 Å². The summed E-state index contributed by atoms with van der Waals surface area (Å²) >= 11 is 0. The fourth-order valence-corrected chi connectivity index (χ4v) is 3.24. The zero-order valence-electron chi connectivity index (χ0n) is 14.1. The van der Waals surface area contributed by atoms with Gasteiger partial charge in [-0.15, -0.1) is 0 Å². The summed E-state index contributed by atoms with van der Waals surface area (Å²) < 4.78 is 27.2. The highest BCUT2D eigenvalue weighted by atomic mass is 19.1. The summed E-state index contributed by atoms with van der Waals surface area (Å²) in [6, 6.07) is 3.17. The first-order chi connectivity index (χ1) is 11.9. The molecule has 0 radical (unpaired) electrons. The third kappa shape index (κ3) is 4.00. The maximum absolute atomic E-state index is 13.8. The summed E-state index contributed by atoms with van der Waals surface area (Å²) in [5.41, 5.74) is -0.180. The molecule has 0 saturated carbocycles. The molecule has 1 aromatic carbocycles. The molecule has 8 heteroatoms. The number of carbonyl (C=O) groups is 2. The summed E-state index contributed by atoms with van der Waals surface area (Å²) in [4.78, 5) is 27.0. The van der Waals surface area contributed by atoms with E-state index in [1.54, 1.807) is 9.80 Å². The number of piperazine rings is 1. The first kappa shape index (κ1) is 17.4. The van der Waals surface area contributed by atoms with Crippen LogP contribution in [0, 0.1) is 11.6 Å². The molecule has 2 N–H and O–H groups in total. The summed E-state index contributed by atoms with van der Waals surface area (Å²) in [6.07, 6.45) is 1.17. The van der Waals surface area contributed by atoms with Crippen LogP contribution in [0.15, 0.2) is 18.2 Å².